The molecular formula is C17H24N2O5S. The van der Waals surface area contributed by atoms with Crippen LogP contribution in [0.3, 0.4) is 0 Å². The number of benzene rings is 1. The maximum absolute atomic E-state index is 13.0. The van der Waals surface area contributed by atoms with Gasteiger partial charge < -0.3 is 14.4 Å². The highest BCUT2D eigenvalue weighted by atomic mass is 32.2. The van der Waals surface area contributed by atoms with E-state index in [9.17, 15) is 13.2 Å². The standard InChI is InChI=1S/C17H24N2O5S/c1-25(21,22)18-12-14-5-2-3-8-19(14)17(20)13-6-7-15-16(11-13)24-10-4-9-23-15/h6-7,11,14,18H,2-5,8-10,12H2,1H3/t14-/m1/s1. The number of nitrogens with zero attached hydrogens (tertiary/aromatic N) is 1. The summed E-state index contributed by atoms with van der Waals surface area (Å²) in [6.45, 7) is 2.04. The number of carbonyl (C=O) groups is 1. The molecule has 0 spiro atoms. The van der Waals surface area contributed by atoms with Crippen LogP contribution in [0.4, 0.5) is 0 Å². The lowest BCUT2D eigenvalue weighted by molar-refractivity contribution is 0.0618. The second-order valence-electron chi connectivity index (χ2n) is 6.48. The molecule has 0 unspecified atom stereocenters. The van der Waals surface area contributed by atoms with Gasteiger partial charge in [0.1, 0.15) is 0 Å². The van der Waals surface area contributed by atoms with Gasteiger partial charge in [-0.3, -0.25) is 4.79 Å². The summed E-state index contributed by atoms with van der Waals surface area (Å²) in [5.41, 5.74) is 0.538. The Bertz CT molecular complexity index is 735. The van der Waals surface area contributed by atoms with Crippen molar-refractivity contribution < 1.29 is 22.7 Å². The van der Waals surface area contributed by atoms with Gasteiger partial charge in [0, 0.05) is 31.1 Å². The van der Waals surface area contributed by atoms with Crippen LogP contribution in [0.5, 0.6) is 11.5 Å². The van der Waals surface area contributed by atoms with E-state index in [2.05, 4.69) is 4.72 Å². The minimum Gasteiger partial charge on any atom is -0.490 e. The molecule has 2 heterocycles. The topological polar surface area (TPSA) is 84.9 Å². The minimum atomic E-state index is -3.28. The number of hydrogen-bond acceptors (Lipinski definition) is 5. The number of piperidine rings is 1. The molecule has 0 radical (unpaired) electrons. The van der Waals surface area contributed by atoms with Crippen molar-refractivity contribution in [2.45, 2.75) is 31.7 Å². The van der Waals surface area contributed by atoms with E-state index in [0.717, 1.165) is 31.9 Å². The molecule has 1 N–H and O–H groups in total. The molecule has 1 atom stereocenters. The predicted octanol–water partition coefficient (Wildman–Crippen LogP) is 1.39. The largest absolute Gasteiger partial charge is 0.490 e. The van der Waals surface area contributed by atoms with Crippen molar-refractivity contribution in [1.29, 1.82) is 0 Å². The summed E-state index contributed by atoms with van der Waals surface area (Å²) < 4.78 is 36.5. The zero-order valence-corrected chi connectivity index (χ0v) is 15.2. The number of hydrogen-bond donors (Lipinski definition) is 1. The molecule has 0 aromatic heterocycles. The van der Waals surface area contributed by atoms with Gasteiger partial charge in [-0.1, -0.05) is 0 Å². The fraction of sp³-hybridized carbons (Fsp3) is 0.588. The van der Waals surface area contributed by atoms with E-state index in [1.165, 1.54) is 0 Å². The van der Waals surface area contributed by atoms with Gasteiger partial charge in [0.15, 0.2) is 11.5 Å². The number of carbonyl (C=O) groups excluding carboxylic acids is 1. The molecule has 1 aromatic rings. The molecule has 1 fully saturated rings. The summed E-state index contributed by atoms with van der Waals surface area (Å²) in [6, 6.07) is 5.10. The summed E-state index contributed by atoms with van der Waals surface area (Å²) in [4.78, 5) is 14.7. The van der Waals surface area contributed by atoms with Crippen LogP contribution < -0.4 is 14.2 Å². The Morgan fingerprint density at radius 3 is 2.72 bits per heavy atom. The molecule has 1 amide bonds. The monoisotopic (exact) mass is 368 g/mol. The lowest BCUT2D eigenvalue weighted by Crippen LogP contribution is -2.49. The molecule has 2 aliphatic rings. The van der Waals surface area contributed by atoms with Crippen molar-refractivity contribution in [1.82, 2.24) is 9.62 Å². The fourth-order valence-electron chi connectivity index (χ4n) is 3.19. The fourth-order valence-corrected chi connectivity index (χ4v) is 3.68. The maximum atomic E-state index is 13.0. The summed E-state index contributed by atoms with van der Waals surface area (Å²) in [5.74, 6) is 1.14. The number of amides is 1. The Labute approximate surface area is 148 Å². The summed E-state index contributed by atoms with van der Waals surface area (Å²) in [6.07, 6.45) is 4.64. The van der Waals surface area contributed by atoms with Gasteiger partial charge >= 0.3 is 0 Å². The van der Waals surface area contributed by atoms with Gasteiger partial charge in [-0.15, -0.1) is 0 Å². The Kier molecular flexibility index (Phi) is 5.48. The number of ether oxygens (including phenoxy) is 2. The Morgan fingerprint density at radius 1 is 1.20 bits per heavy atom. The van der Waals surface area contributed by atoms with Crippen molar-refractivity contribution in [2.24, 2.45) is 0 Å². The van der Waals surface area contributed by atoms with E-state index in [1.807, 2.05) is 0 Å². The van der Waals surface area contributed by atoms with Crippen LogP contribution in [0.25, 0.3) is 0 Å². The normalized spacial score (nSPS) is 20.8. The number of likely N-dealkylation sites (tertiary alicyclic amines) is 1. The highest BCUT2D eigenvalue weighted by Crippen LogP contribution is 2.31. The Morgan fingerprint density at radius 2 is 1.96 bits per heavy atom. The number of nitrogens with one attached hydrogen (secondary N) is 1. The van der Waals surface area contributed by atoms with Crippen molar-refractivity contribution in [3.63, 3.8) is 0 Å². The predicted molar refractivity (Wildman–Crippen MR) is 93.6 cm³/mol. The SMILES string of the molecule is CS(=O)(=O)NC[C@H]1CCCCN1C(=O)c1ccc2c(c1)OCCCO2. The quantitative estimate of drug-likeness (QED) is 0.868. The first-order valence-corrected chi connectivity index (χ1v) is 10.5. The summed E-state index contributed by atoms with van der Waals surface area (Å²) >= 11 is 0. The number of fused-ring (bicyclic) bond motifs is 1. The average molecular weight is 368 g/mol. The third kappa shape index (κ3) is 4.64. The molecule has 0 aliphatic carbocycles. The second kappa shape index (κ2) is 7.61. The van der Waals surface area contributed by atoms with Crippen molar-refractivity contribution in [3.8, 4) is 11.5 Å². The first kappa shape index (κ1) is 18.0. The van der Waals surface area contributed by atoms with Crippen LogP contribution in [-0.2, 0) is 10.0 Å². The minimum absolute atomic E-state index is 0.101. The van der Waals surface area contributed by atoms with E-state index in [-0.39, 0.29) is 18.5 Å². The van der Waals surface area contributed by atoms with Gasteiger partial charge in [-0.2, -0.15) is 0 Å². The zero-order chi connectivity index (χ0) is 17.9. The molecule has 2 aliphatic heterocycles. The molecule has 138 valence electrons. The molecule has 0 bridgehead atoms. The molecule has 7 nitrogen and oxygen atoms in total. The van der Waals surface area contributed by atoms with Gasteiger partial charge in [-0.05, 0) is 37.5 Å². The summed E-state index contributed by atoms with van der Waals surface area (Å²) in [5, 5.41) is 0. The van der Waals surface area contributed by atoms with Crippen molar-refractivity contribution >= 4 is 15.9 Å². The molecule has 3 rings (SSSR count). The van der Waals surface area contributed by atoms with Gasteiger partial charge in [-0.25, -0.2) is 13.1 Å². The lowest BCUT2D eigenvalue weighted by atomic mass is 10.0. The second-order valence-corrected chi connectivity index (χ2v) is 8.31. The van der Waals surface area contributed by atoms with Crippen LogP contribution >= 0.6 is 0 Å². The smallest absolute Gasteiger partial charge is 0.254 e. The maximum Gasteiger partial charge on any atom is 0.254 e. The zero-order valence-electron chi connectivity index (χ0n) is 14.4. The third-order valence-electron chi connectivity index (χ3n) is 4.46. The van der Waals surface area contributed by atoms with E-state index >= 15 is 0 Å². The van der Waals surface area contributed by atoms with E-state index in [1.54, 1.807) is 23.1 Å². The molecule has 0 saturated carbocycles. The molecular weight excluding hydrogens is 344 g/mol. The molecule has 1 aromatic carbocycles. The van der Waals surface area contributed by atoms with Gasteiger partial charge in [0.2, 0.25) is 10.0 Å². The number of sulfonamides is 1. The van der Waals surface area contributed by atoms with Crippen LogP contribution in [0.15, 0.2) is 18.2 Å². The first-order valence-electron chi connectivity index (χ1n) is 8.59. The van der Waals surface area contributed by atoms with Crippen LogP contribution in [0.2, 0.25) is 0 Å². The lowest BCUT2D eigenvalue weighted by Gasteiger charge is -2.36. The van der Waals surface area contributed by atoms with E-state index < -0.39 is 10.0 Å². The van der Waals surface area contributed by atoms with E-state index in [4.69, 9.17) is 9.47 Å². The van der Waals surface area contributed by atoms with Crippen molar-refractivity contribution in [2.75, 3.05) is 32.6 Å². The molecule has 25 heavy (non-hydrogen) atoms. The highest BCUT2D eigenvalue weighted by Gasteiger charge is 2.28. The van der Waals surface area contributed by atoms with Crippen LogP contribution in [0, 0.1) is 0 Å². The van der Waals surface area contributed by atoms with Crippen LogP contribution in [0.1, 0.15) is 36.0 Å². The van der Waals surface area contributed by atoms with Crippen molar-refractivity contribution in [3.05, 3.63) is 23.8 Å². The average Bonchev–Trinajstić information content (AvgIpc) is 2.83. The highest BCUT2D eigenvalue weighted by molar-refractivity contribution is 7.88. The Hall–Kier alpha value is -1.80. The molecule has 8 heteroatoms. The third-order valence-corrected chi connectivity index (χ3v) is 5.15. The van der Waals surface area contributed by atoms with E-state index in [0.29, 0.717) is 36.8 Å². The molecule has 1 saturated heterocycles. The van der Waals surface area contributed by atoms with Gasteiger partial charge in [0.05, 0.1) is 19.5 Å². The van der Waals surface area contributed by atoms with Crippen LogP contribution in [-0.4, -0.2) is 57.8 Å². The Balaban J connectivity index is 1.76. The number of rotatable bonds is 4. The van der Waals surface area contributed by atoms with Gasteiger partial charge in [0.25, 0.3) is 5.91 Å². The summed E-state index contributed by atoms with van der Waals surface area (Å²) in [7, 11) is -3.28. The first-order chi connectivity index (χ1) is 11.9.